The van der Waals surface area contributed by atoms with Crippen LogP contribution in [0.25, 0.3) is 0 Å². The first-order chi connectivity index (χ1) is 9.36. The third kappa shape index (κ3) is 3.28. The summed E-state index contributed by atoms with van der Waals surface area (Å²) in [6.07, 6.45) is 3.18. The zero-order valence-corrected chi connectivity index (χ0v) is 11.5. The molecule has 0 bridgehead atoms. The van der Waals surface area contributed by atoms with E-state index in [0.717, 1.165) is 5.82 Å². The van der Waals surface area contributed by atoms with Gasteiger partial charge in [0.1, 0.15) is 11.6 Å². The quantitative estimate of drug-likeness (QED) is 0.632. The van der Waals surface area contributed by atoms with Crippen LogP contribution in [0, 0.1) is 10.1 Å². The van der Waals surface area contributed by atoms with E-state index < -0.39 is 4.92 Å². The molecule has 2 aromatic rings. The van der Waals surface area contributed by atoms with Gasteiger partial charge in [0.15, 0.2) is 5.75 Å². The van der Waals surface area contributed by atoms with Gasteiger partial charge in [0.2, 0.25) is 0 Å². The lowest BCUT2D eigenvalue weighted by Crippen LogP contribution is -2.15. The van der Waals surface area contributed by atoms with Crippen molar-refractivity contribution in [2.24, 2.45) is 0 Å². The number of nitro groups is 1. The molecule has 0 saturated carbocycles. The van der Waals surface area contributed by atoms with Crippen molar-refractivity contribution in [2.75, 3.05) is 0 Å². The van der Waals surface area contributed by atoms with Crippen molar-refractivity contribution in [3.8, 4) is 11.5 Å². The second-order valence-electron chi connectivity index (χ2n) is 5.35. The first-order valence-corrected chi connectivity index (χ1v) is 6.11. The maximum Gasteiger partial charge on any atom is 0.269 e. The number of benzene rings is 1. The Morgan fingerprint density at radius 2 is 1.60 bits per heavy atom. The minimum atomic E-state index is -0.453. The van der Waals surface area contributed by atoms with Crippen LogP contribution < -0.4 is 4.74 Å². The van der Waals surface area contributed by atoms with Gasteiger partial charge in [-0.2, -0.15) is 0 Å². The van der Waals surface area contributed by atoms with Crippen molar-refractivity contribution in [2.45, 2.75) is 26.2 Å². The number of non-ortho nitro benzene ring substituents is 1. The Morgan fingerprint density at radius 1 is 1.05 bits per heavy atom. The van der Waals surface area contributed by atoms with E-state index in [1.807, 2.05) is 20.8 Å². The minimum Gasteiger partial charge on any atom is -0.454 e. The number of nitrogens with zero attached hydrogens (tertiary/aromatic N) is 3. The molecule has 1 aromatic heterocycles. The second kappa shape index (κ2) is 5.24. The van der Waals surface area contributed by atoms with Gasteiger partial charge in [-0.25, -0.2) is 9.97 Å². The maximum atomic E-state index is 10.5. The third-order valence-electron chi connectivity index (χ3n) is 2.58. The molecule has 2 rings (SSSR count). The highest BCUT2D eigenvalue weighted by molar-refractivity contribution is 5.37. The fourth-order valence-corrected chi connectivity index (χ4v) is 1.53. The maximum absolute atomic E-state index is 10.5. The summed E-state index contributed by atoms with van der Waals surface area (Å²) in [5, 5.41) is 10.5. The lowest BCUT2D eigenvalue weighted by atomic mass is 9.96. The molecule has 0 saturated heterocycles. The van der Waals surface area contributed by atoms with Crippen molar-refractivity contribution >= 4 is 5.69 Å². The summed E-state index contributed by atoms with van der Waals surface area (Å²) < 4.78 is 5.53. The number of aromatic nitrogens is 2. The Balaban J connectivity index is 2.12. The third-order valence-corrected chi connectivity index (χ3v) is 2.58. The molecule has 0 aliphatic rings. The monoisotopic (exact) mass is 273 g/mol. The molecule has 1 aromatic carbocycles. The average Bonchev–Trinajstić information content (AvgIpc) is 2.39. The van der Waals surface area contributed by atoms with Crippen molar-refractivity contribution in [3.63, 3.8) is 0 Å². The lowest BCUT2D eigenvalue weighted by Gasteiger charge is -2.16. The molecule has 0 unspecified atom stereocenters. The summed E-state index contributed by atoms with van der Waals surface area (Å²) in [5.74, 6) is 1.73. The molecule has 6 nitrogen and oxygen atoms in total. The summed E-state index contributed by atoms with van der Waals surface area (Å²) in [5.41, 5.74) is -0.0945. The smallest absolute Gasteiger partial charge is 0.269 e. The van der Waals surface area contributed by atoms with Gasteiger partial charge in [0.25, 0.3) is 5.69 Å². The predicted molar refractivity (Wildman–Crippen MR) is 73.9 cm³/mol. The zero-order valence-electron chi connectivity index (χ0n) is 11.5. The number of hydrogen-bond acceptors (Lipinski definition) is 5. The molecular formula is C14H15N3O3. The highest BCUT2D eigenvalue weighted by Crippen LogP contribution is 2.24. The highest BCUT2D eigenvalue weighted by atomic mass is 16.6. The Bertz CT molecular complexity index is 601. The predicted octanol–water partition coefficient (Wildman–Crippen LogP) is 3.47. The van der Waals surface area contributed by atoms with Crippen LogP contribution in [0.3, 0.4) is 0 Å². The van der Waals surface area contributed by atoms with E-state index in [0.29, 0.717) is 11.5 Å². The largest absolute Gasteiger partial charge is 0.454 e. The molecule has 0 fully saturated rings. The van der Waals surface area contributed by atoms with Crippen LogP contribution in [0.2, 0.25) is 0 Å². The molecule has 0 radical (unpaired) electrons. The van der Waals surface area contributed by atoms with Gasteiger partial charge < -0.3 is 4.74 Å². The van der Waals surface area contributed by atoms with Crippen LogP contribution >= 0.6 is 0 Å². The summed E-state index contributed by atoms with van der Waals surface area (Å²) >= 11 is 0. The Labute approximate surface area is 116 Å². The van der Waals surface area contributed by atoms with Gasteiger partial charge >= 0.3 is 0 Å². The van der Waals surface area contributed by atoms with Crippen LogP contribution in [-0.4, -0.2) is 14.9 Å². The molecule has 0 aliphatic carbocycles. The van der Waals surface area contributed by atoms with Crippen LogP contribution in [0.15, 0.2) is 36.7 Å². The molecular weight excluding hydrogens is 258 g/mol. The summed E-state index contributed by atoms with van der Waals surface area (Å²) in [7, 11) is 0. The number of nitro benzene ring substituents is 1. The van der Waals surface area contributed by atoms with E-state index in [1.54, 1.807) is 12.4 Å². The standard InChI is InChI=1S/C14H15N3O3/c1-14(2,3)13-15-8-12(9-16-13)20-11-6-4-10(5-7-11)17(18)19/h4-9H,1-3H3. The Hall–Kier alpha value is -2.50. The number of ether oxygens (including phenoxy) is 1. The molecule has 0 amide bonds. The molecule has 1 heterocycles. The van der Waals surface area contributed by atoms with Crippen LogP contribution in [0.5, 0.6) is 11.5 Å². The zero-order chi connectivity index (χ0) is 14.8. The fourth-order valence-electron chi connectivity index (χ4n) is 1.53. The molecule has 104 valence electrons. The van der Waals surface area contributed by atoms with Crippen molar-refractivity contribution in [3.05, 3.63) is 52.6 Å². The first-order valence-electron chi connectivity index (χ1n) is 6.11. The van der Waals surface area contributed by atoms with Gasteiger partial charge in [-0.3, -0.25) is 10.1 Å². The second-order valence-corrected chi connectivity index (χ2v) is 5.35. The van der Waals surface area contributed by atoms with E-state index in [1.165, 1.54) is 24.3 Å². The lowest BCUT2D eigenvalue weighted by molar-refractivity contribution is -0.384. The van der Waals surface area contributed by atoms with Crippen molar-refractivity contribution < 1.29 is 9.66 Å². The van der Waals surface area contributed by atoms with Crippen LogP contribution in [-0.2, 0) is 5.41 Å². The van der Waals surface area contributed by atoms with Gasteiger partial charge in [0, 0.05) is 17.5 Å². The van der Waals surface area contributed by atoms with E-state index in [-0.39, 0.29) is 11.1 Å². The molecule has 0 atom stereocenters. The van der Waals surface area contributed by atoms with E-state index >= 15 is 0 Å². The molecule has 0 spiro atoms. The van der Waals surface area contributed by atoms with Crippen LogP contribution in [0.4, 0.5) is 5.69 Å². The van der Waals surface area contributed by atoms with E-state index in [2.05, 4.69) is 9.97 Å². The Kier molecular flexibility index (Phi) is 3.65. The minimum absolute atomic E-state index is 0.0247. The van der Waals surface area contributed by atoms with Crippen molar-refractivity contribution in [1.82, 2.24) is 9.97 Å². The molecule has 0 N–H and O–H groups in total. The SMILES string of the molecule is CC(C)(C)c1ncc(Oc2ccc([N+](=O)[O-])cc2)cn1. The van der Waals surface area contributed by atoms with Gasteiger partial charge in [-0.05, 0) is 12.1 Å². The van der Waals surface area contributed by atoms with Gasteiger partial charge in [0.05, 0.1) is 17.3 Å². The normalized spacial score (nSPS) is 11.2. The number of hydrogen-bond donors (Lipinski definition) is 0. The molecule has 0 aliphatic heterocycles. The Morgan fingerprint density at radius 3 is 2.05 bits per heavy atom. The molecule has 20 heavy (non-hydrogen) atoms. The summed E-state index contributed by atoms with van der Waals surface area (Å²) in [6, 6.07) is 5.85. The van der Waals surface area contributed by atoms with Crippen LogP contribution in [0.1, 0.15) is 26.6 Å². The highest BCUT2D eigenvalue weighted by Gasteiger charge is 2.16. The van der Waals surface area contributed by atoms with Gasteiger partial charge in [-0.15, -0.1) is 0 Å². The fraction of sp³-hybridized carbons (Fsp3) is 0.286. The topological polar surface area (TPSA) is 78.2 Å². The van der Waals surface area contributed by atoms with Crippen molar-refractivity contribution in [1.29, 1.82) is 0 Å². The van der Waals surface area contributed by atoms with E-state index in [4.69, 9.17) is 4.74 Å². The number of rotatable bonds is 3. The van der Waals surface area contributed by atoms with E-state index in [9.17, 15) is 10.1 Å². The summed E-state index contributed by atoms with van der Waals surface area (Å²) in [6.45, 7) is 6.08. The van der Waals surface area contributed by atoms with Gasteiger partial charge in [-0.1, -0.05) is 20.8 Å². The first kappa shape index (κ1) is 13.9. The average molecular weight is 273 g/mol. The summed E-state index contributed by atoms with van der Waals surface area (Å²) in [4.78, 5) is 18.6. The molecule has 6 heteroatoms.